The fourth-order valence-corrected chi connectivity index (χ4v) is 3.45. The molecule has 0 unspecified atom stereocenters. The Hall–Kier alpha value is -1.03. The van der Waals surface area contributed by atoms with Gasteiger partial charge in [-0.25, -0.2) is 0 Å². The quantitative estimate of drug-likeness (QED) is 0.823. The Labute approximate surface area is 128 Å². The summed E-state index contributed by atoms with van der Waals surface area (Å²) in [5.41, 5.74) is 1.15. The van der Waals surface area contributed by atoms with Crippen LogP contribution in [0.5, 0.6) is 5.75 Å². The van der Waals surface area contributed by atoms with Crippen molar-refractivity contribution in [2.75, 3.05) is 5.33 Å². The number of halogens is 1. The number of carbonyl (C=O) groups is 1. The van der Waals surface area contributed by atoms with E-state index in [-0.39, 0.29) is 17.2 Å². The van der Waals surface area contributed by atoms with Gasteiger partial charge in [-0.2, -0.15) is 0 Å². The molecule has 1 aliphatic rings. The molecule has 0 aromatic heterocycles. The van der Waals surface area contributed by atoms with E-state index in [0.717, 1.165) is 42.5 Å². The van der Waals surface area contributed by atoms with Crippen molar-refractivity contribution in [3.05, 3.63) is 29.3 Å². The van der Waals surface area contributed by atoms with Gasteiger partial charge in [-0.15, -0.1) is 0 Å². The number of phenols is 1. The van der Waals surface area contributed by atoms with Crippen molar-refractivity contribution in [3.8, 4) is 5.75 Å². The minimum Gasteiger partial charge on any atom is -0.507 e. The van der Waals surface area contributed by atoms with Gasteiger partial charge >= 0.3 is 0 Å². The van der Waals surface area contributed by atoms with Gasteiger partial charge in [-0.05, 0) is 50.7 Å². The van der Waals surface area contributed by atoms with E-state index in [2.05, 4.69) is 28.2 Å². The number of alkyl halides is 1. The summed E-state index contributed by atoms with van der Waals surface area (Å²) in [5.74, 6) is 0.591. The minimum absolute atomic E-state index is 0.0435. The van der Waals surface area contributed by atoms with Crippen molar-refractivity contribution in [1.29, 1.82) is 0 Å². The average Bonchev–Trinajstić information content (AvgIpc) is 2.44. The lowest BCUT2D eigenvalue weighted by Crippen LogP contribution is -2.52. The van der Waals surface area contributed by atoms with Crippen LogP contribution in [0.2, 0.25) is 0 Å². The van der Waals surface area contributed by atoms with Gasteiger partial charge in [0, 0.05) is 5.33 Å². The van der Waals surface area contributed by atoms with Gasteiger partial charge < -0.3 is 10.4 Å². The van der Waals surface area contributed by atoms with Gasteiger partial charge in [-0.1, -0.05) is 34.5 Å². The molecule has 0 bridgehead atoms. The maximum atomic E-state index is 12.4. The first-order valence-corrected chi connectivity index (χ1v) is 8.26. The van der Waals surface area contributed by atoms with Crippen molar-refractivity contribution in [1.82, 2.24) is 5.32 Å². The standard InChI is InChI=1S/C16H22BrNO2/c1-11-5-7-16(10-17,8-6-11)18-15(20)13-9-12(2)3-4-14(13)19/h3-4,9,11,19H,5-8,10H2,1-2H3,(H,18,20). The maximum Gasteiger partial charge on any atom is 0.255 e. The summed E-state index contributed by atoms with van der Waals surface area (Å²) >= 11 is 3.54. The number of aryl methyl sites for hydroxylation is 1. The predicted molar refractivity (Wildman–Crippen MR) is 84.5 cm³/mol. The Bertz CT molecular complexity index is 493. The third-order valence-electron chi connectivity index (χ3n) is 4.26. The first-order chi connectivity index (χ1) is 9.46. The van der Waals surface area contributed by atoms with Crippen LogP contribution in [0, 0.1) is 12.8 Å². The van der Waals surface area contributed by atoms with Crippen molar-refractivity contribution in [3.63, 3.8) is 0 Å². The second-order valence-corrected chi connectivity index (χ2v) is 6.63. The van der Waals surface area contributed by atoms with Crippen LogP contribution in [-0.2, 0) is 0 Å². The van der Waals surface area contributed by atoms with Gasteiger partial charge in [0.05, 0.1) is 11.1 Å². The number of aromatic hydroxyl groups is 1. The molecule has 0 aliphatic heterocycles. The van der Waals surface area contributed by atoms with Gasteiger partial charge in [0.2, 0.25) is 0 Å². The largest absolute Gasteiger partial charge is 0.507 e. The molecule has 1 aromatic carbocycles. The molecule has 3 nitrogen and oxygen atoms in total. The Morgan fingerprint density at radius 3 is 2.70 bits per heavy atom. The molecule has 110 valence electrons. The second-order valence-electron chi connectivity index (χ2n) is 6.07. The van der Waals surface area contributed by atoms with E-state index >= 15 is 0 Å². The zero-order chi connectivity index (χ0) is 14.8. The molecule has 1 amide bonds. The third-order valence-corrected chi connectivity index (χ3v) is 5.34. The fraction of sp³-hybridized carbons (Fsp3) is 0.562. The number of hydrogen-bond acceptors (Lipinski definition) is 2. The number of rotatable bonds is 3. The topological polar surface area (TPSA) is 49.3 Å². The van der Waals surface area contributed by atoms with Gasteiger partial charge in [0.15, 0.2) is 0 Å². The summed E-state index contributed by atoms with van der Waals surface area (Å²) in [5, 5.41) is 13.8. The summed E-state index contributed by atoms with van der Waals surface area (Å²) in [6, 6.07) is 5.11. The zero-order valence-corrected chi connectivity index (χ0v) is 13.7. The number of amides is 1. The molecule has 4 heteroatoms. The highest BCUT2D eigenvalue weighted by molar-refractivity contribution is 9.09. The first-order valence-electron chi connectivity index (χ1n) is 7.14. The lowest BCUT2D eigenvalue weighted by Gasteiger charge is -2.39. The minimum atomic E-state index is -0.181. The Kier molecular flexibility index (Phi) is 4.74. The van der Waals surface area contributed by atoms with Crippen LogP contribution < -0.4 is 5.32 Å². The molecule has 1 saturated carbocycles. The Morgan fingerprint density at radius 1 is 1.45 bits per heavy atom. The van der Waals surface area contributed by atoms with Crippen molar-refractivity contribution in [2.24, 2.45) is 5.92 Å². The second kappa shape index (κ2) is 6.17. The first kappa shape index (κ1) is 15.4. The lowest BCUT2D eigenvalue weighted by atomic mass is 9.78. The maximum absolute atomic E-state index is 12.4. The van der Waals surface area contributed by atoms with Gasteiger partial charge in [0.25, 0.3) is 5.91 Å². The van der Waals surface area contributed by atoms with Crippen LogP contribution in [-0.4, -0.2) is 21.9 Å². The third kappa shape index (κ3) is 3.35. The fourth-order valence-electron chi connectivity index (χ4n) is 2.75. The summed E-state index contributed by atoms with van der Waals surface area (Å²) in [6.07, 6.45) is 4.23. The van der Waals surface area contributed by atoms with Crippen molar-refractivity contribution < 1.29 is 9.90 Å². The van der Waals surface area contributed by atoms with Crippen LogP contribution in [0.3, 0.4) is 0 Å². The van der Waals surface area contributed by atoms with Gasteiger partial charge in [-0.3, -0.25) is 4.79 Å². The van der Waals surface area contributed by atoms with Crippen LogP contribution in [0.1, 0.15) is 48.5 Å². The van der Waals surface area contributed by atoms with Gasteiger partial charge in [0.1, 0.15) is 5.75 Å². The molecule has 0 spiro atoms. The molecule has 0 atom stereocenters. The van der Waals surface area contributed by atoms with E-state index < -0.39 is 0 Å². The smallest absolute Gasteiger partial charge is 0.255 e. The Balaban J connectivity index is 2.15. The van der Waals surface area contributed by atoms with Crippen molar-refractivity contribution in [2.45, 2.75) is 45.1 Å². The van der Waals surface area contributed by atoms with E-state index in [1.807, 2.05) is 6.92 Å². The number of benzene rings is 1. The van der Waals surface area contributed by atoms with Crippen LogP contribution >= 0.6 is 15.9 Å². The molecule has 2 rings (SSSR count). The highest BCUT2D eigenvalue weighted by atomic mass is 79.9. The van der Waals surface area contributed by atoms with Crippen LogP contribution in [0.4, 0.5) is 0 Å². The zero-order valence-electron chi connectivity index (χ0n) is 12.1. The predicted octanol–water partition coefficient (Wildman–Crippen LogP) is 3.77. The number of phenolic OH excluding ortho intramolecular Hbond substituents is 1. The van der Waals surface area contributed by atoms with E-state index in [1.165, 1.54) is 0 Å². The monoisotopic (exact) mass is 339 g/mol. The molecule has 1 fully saturated rings. The molecule has 20 heavy (non-hydrogen) atoms. The number of hydrogen-bond donors (Lipinski definition) is 2. The SMILES string of the molecule is Cc1ccc(O)c(C(=O)NC2(CBr)CCC(C)CC2)c1. The highest BCUT2D eigenvalue weighted by Crippen LogP contribution is 2.33. The average molecular weight is 340 g/mol. The van der Waals surface area contributed by atoms with E-state index in [1.54, 1.807) is 18.2 Å². The summed E-state index contributed by atoms with van der Waals surface area (Å²) < 4.78 is 0. The normalized spacial score (nSPS) is 26.2. The highest BCUT2D eigenvalue weighted by Gasteiger charge is 2.35. The molecular formula is C16H22BrNO2. The molecular weight excluding hydrogens is 318 g/mol. The summed E-state index contributed by atoms with van der Waals surface area (Å²) in [6.45, 7) is 4.17. The Morgan fingerprint density at radius 2 is 2.10 bits per heavy atom. The lowest BCUT2D eigenvalue weighted by molar-refractivity contribution is 0.0871. The summed E-state index contributed by atoms with van der Waals surface area (Å²) in [4.78, 5) is 12.4. The molecule has 2 N–H and O–H groups in total. The van der Waals surface area contributed by atoms with E-state index in [9.17, 15) is 9.90 Å². The molecule has 1 aliphatic carbocycles. The summed E-state index contributed by atoms with van der Waals surface area (Å²) in [7, 11) is 0. The van der Waals surface area contributed by atoms with Crippen molar-refractivity contribution >= 4 is 21.8 Å². The van der Waals surface area contributed by atoms with E-state index in [0.29, 0.717) is 5.56 Å². The van der Waals surface area contributed by atoms with E-state index in [4.69, 9.17) is 0 Å². The number of nitrogens with one attached hydrogen (secondary N) is 1. The number of carbonyl (C=O) groups excluding carboxylic acids is 1. The van der Waals surface area contributed by atoms with Crippen LogP contribution in [0.15, 0.2) is 18.2 Å². The molecule has 1 aromatic rings. The van der Waals surface area contributed by atoms with Crippen LogP contribution in [0.25, 0.3) is 0 Å². The molecule has 0 heterocycles. The molecule has 0 radical (unpaired) electrons. The molecule has 0 saturated heterocycles.